The second-order valence-corrected chi connectivity index (χ2v) is 2.21. The Hall–Kier alpha value is -0.370. The highest BCUT2D eigenvalue weighted by Crippen LogP contribution is 2.11. The summed E-state index contributed by atoms with van der Waals surface area (Å²) in [4.78, 5) is 3.72. The van der Waals surface area contributed by atoms with Gasteiger partial charge in [-0.25, -0.2) is 0 Å². The summed E-state index contributed by atoms with van der Waals surface area (Å²) in [5.41, 5.74) is 0.250. The third-order valence-electron chi connectivity index (χ3n) is 0.768. The van der Waals surface area contributed by atoms with Crippen LogP contribution in [-0.2, 0) is 0 Å². The molecule has 0 saturated heterocycles. The molecule has 0 N–H and O–H groups in total. The minimum absolute atomic E-state index is 0.250. The molecule has 0 spiro atoms. The highest BCUT2D eigenvalue weighted by molar-refractivity contribution is 9.10. The van der Waals surface area contributed by atoms with Gasteiger partial charge in [-0.15, -0.1) is 0 Å². The summed E-state index contributed by atoms with van der Waals surface area (Å²) in [6.07, 6.45) is 2.89. The van der Waals surface area contributed by atoms with Gasteiger partial charge in [-0.05, 0) is 18.5 Å². The average Bonchev–Trinajstić information content (AvgIpc) is 1.86. The van der Waals surface area contributed by atoms with E-state index in [2.05, 4.69) is 20.9 Å². The Balaban J connectivity index is 3.14. The first-order valence-electron chi connectivity index (χ1n) is 3.62. The van der Waals surface area contributed by atoms with Crippen molar-refractivity contribution in [3.8, 4) is 0 Å². The number of hydrogen-bond acceptors (Lipinski definition) is 1. The fraction of sp³-hybridized carbons (Fsp3) is 0.167. The molecule has 0 radical (unpaired) electrons. The van der Waals surface area contributed by atoms with Crippen molar-refractivity contribution >= 4 is 15.9 Å². The predicted octanol–water partition coefficient (Wildman–Crippen LogP) is 2.15. The lowest BCUT2D eigenvalue weighted by Crippen LogP contribution is -1.74. The third-order valence-corrected chi connectivity index (χ3v) is 1.46. The third kappa shape index (κ3) is 1.07. The van der Waals surface area contributed by atoms with Crippen LogP contribution in [-0.4, -0.2) is 4.98 Å². The lowest BCUT2D eigenvalue weighted by Gasteiger charge is -1.90. The van der Waals surface area contributed by atoms with Crippen molar-refractivity contribution in [1.82, 2.24) is 4.98 Å². The van der Waals surface area contributed by atoms with Gasteiger partial charge in [0, 0.05) is 21.0 Å². The van der Waals surface area contributed by atoms with Crippen LogP contribution in [0.15, 0.2) is 22.9 Å². The Labute approximate surface area is 61.1 Å². The normalized spacial score (nSPS) is 16.4. The van der Waals surface area contributed by atoms with E-state index in [1.807, 2.05) is 0 Å². The van der Waals surface area contributed by atoms with Gasteiger partial charge in [0.2, 0.25) is 0 Å². The van der Waals surface area contributed by atoms with Crippen LogP contribution < -0.4 is 0 Å². The summed E-state index contributed by atoms with van der Waals surface area (Å²) in [6, 6.07) is 1.61. The first-order valence-corrected chi connectivity index (χ1v) is 2.91. The summed E-state index contributed by atoms with van der Waals surface area (Å²) >= 11 is 3.13. The monoisotopic (exact) mass is 174 g/mol. The van der Waals surface area contributed by atoms with Gasteiger partial charge in [0.15, 0.2) is 0 Å². The molecule has 0 aliphatic rings. The molecule has 0 amide bonds. The first-order chi connectivity index (χ1) is 5.02. The molecule has 0 aliphatic heterocycles. The molecule has 1 aromatic heterocycles. The maximum absolute atomic E-state index is 7.08. The van der Waals surface area contributed by atoms with E-state index in [1.54, 1.807) is 12.3 Å². The van der Waals surface area contributed by atoms with E-state index >= 15 is 0 Å². The van der Waals surface area contributed by atoms with Crippen LogP contribution in [0.4, 0.5) is 0 Å². The van der Waals surface area contributed by atoms with E-state index in [9.17, 15) is 0 Å². The minimum atomic E-state index is -2.08. The van der Waals surface area contributed by atoms with Crippen LogP contribution in [0.25, 0.3) is 0 Å². The van der Waals surface area contributed by atoms with E-state index in [0.717, 1.165) is 0 Å². The van der Waals surface area contributed by atoms with E-state index in [-0.39, 0.29) is 5.56 Å². The number of nitrogens with zero attached hydrogens (tertiary/aromatic N) is 1. The van der Waals surface area contributed by atoms with Crippen molar-refractivity contribution in [3.63, 3.8) is 0 Å². The van der Waals surface area contributed by atoms with Crippen molar-refractivity contribution in [1.29, 1.82) is 0 Å². The zero-order valence-corrected chi connectivity index (χ0v) is 5.64. The van der Waals surface area contributed by atoms with E-state index in [4.69, 9.17) is 4.11 Å². The minimum Gasteiger partial charge on any atom is -0.264 e. The summed E-state index contributed by atoms with van der Waals surface area (Å²) in [7, 11) is 0. The van der Waals surface area contributed by atoms with Gasteiger partial charge < -0.3 is 0 Å². The van der Waals surface area contributed by atoms with E-state index in [1.165, 1.54) is 6.20 Å². The van der Waals surface area contributed by atoms with Crippen LogP contribution in [0.1, 0.15) is 9.68 Å². The Morgan fingerprint density at radius 3 is 3.25 bits per heavy atom. The molecule has 0 aliphatic carbocycles. The molecule has 1 rings (SSSR count). The number of aromatic nitrogens is 1. The predicted molar refractivity (Wildman–Crippen MR) is 36.7 cm³/mol. The summed E-state index contributed by atoms with van der Waals surface area (Å²) in [6.45, 7) is -2.08. The average molecular weight is 175 g/mol. The molecule has 0 aromatic carbocycles. The SMILES string of the molecule is [2H]C([2H])([2H])c1cnccc1Br. The fourth-order valence-corrected chi connectivity index (χ4v) is 0.598. The van der Waals surface area contributed by atoms with Gasteiger partial charge in [0.1, 0.15) is 0 Å². The summed E-state index contributed by atoms with van der Waals surface area (Å²) < 4.78 is 21.8. The molecule has 0 fully saturated rings. The number of rotatable bonds is 0. The maximum atomic E-state index is 7.08. The first kappa shape index (κ1) is 2.97. The molecule has 1 aromatic rings. The van der Waals surface area contributed by atoms with Gasteiger partial charge in [0.25, 0.3) is 0 Å². The topological polar surface area (TPSA) is 12.9 Å². The Kier molecular flexibility index (Phi) is 0.841. The van der Waals surface area contributed by atoms with Gasteiger partial charge in [-0.3, -0.25) is 4.98 Å². The Morgan fingerprint density at radius 1 is 1.88 bits per heavy atom. The van der Waals surface area contributed by atoms with Crippen molar-refractivity contribution in [3.05, 3.63) is 28.5 Å². The molecular formula is C6H6BrN. The van der Waals surface area contributed by atoms with Crippen LogP contribution in [0.2, 0.25) is 0 Å². The number of aryl methyl sites for hydroxylation is 1. The smallest absolute Gasteiger partial charge is 0.0308 e. The Morgan fingerprint density at radius 2 is 2.75 bits per heavy atom. The van der Waals surface area contributed by atoms with Gasteiger partial charge in [0.05, 0.1) is 0 Å². The van der Waals surface area contributed by atoms with Crippen molar-refractivity contribution < 1.29 is 4.11 Å². The van der Waals surface area contributed by atoms with Crippen molar-refractivity contribution in [2.45, 2.75) is 6.85 Å². The van der Waals surface area contributed by atoms with Crippen LogP contribution in [0, 0.1) is 6.85 Å². The highest BCUT2D eigenvalue weighted by atomic mass is 79.9. The summed E-state index contributed by atoms with van der Waals surface area (Å²) in [5, 5.41) is 0. The van der Waals surface area contributed by atoms with Gasteiger partial charge in [-0.1, -0.05) is 15.9 Å². The zero-order valence-electron chi connectivity index (χ0n) is 7.06. The van der Waals surface area contributed by atoms with Crippen molar-refractivity contribution in [2.75, 3.05) is 0 Å². The second kappa shape index (κ2) is 2.27. The number of hydrogen-bond donors (Lipinski definition) is 0. The van der Waals surface area contributed by atoms with Crippen molar-refractivity contribution in [2.24, 2.45) is 0 Å². The van der Waals surface area contributed by atoms with Crippen LogP contribution in [0.5, 0.6) is 0 Å². The molecular weight excluding hydrogens is 166 g/mol. The molecule has 0 atom stereocenters. The molecule has 1 heterocycles. The molecule has 8 heavy (non-hydrogen) atoms. The fourth-order valence-electron chi connectivity index (χ4n) is 0.377. The molecule has 0 unspecified atom stereocenters. The van der Waals surface area contributed by atoms with Gasteiger partial charge in [-0.2, -0.15) is 0 Å². The van der Waals surface area contributed by atoms with E-state index in [0.29, 0.717) is 4.47 Å². The zero-order chi connectivity index (χ0) is 8.48. The number of halogens is 1. The summed E-state index contributed by atoms with van der Waals surface area (Å²) in [5.74, 6) is 0. The van der Waals surface area contributed by atoms with E-state index < -0.39 is 6.85 Å². The molecule has 0 bridgehead atoms. The lowest BCUT2D eigenvalue weighted by atomic mass is 10.3. The molecule has 42 valence electrons. The van der Waals surface area contributed by atoms with Crippen LogP contribution >= 0.6 is 15.9 Å². The quantitative estimate of drug-likeness (QED) is 0.588. The number of pyridine rings is 1. The molecule has 0 saturated carbocycles. The molecule has 1 nitrogen and oxygen atoms in total. The maximum Gasteiger partial charge on any atom is 0.0308 e. The largest absolute Gasteiger partial charge is 0.264 e. The Bertz CT molecular complexity index is 258. The van der Waals surface area contributed by atoms with Crippen LogP contribution in [0.3, 0.4) is 0 Å². The molecule has 2 heteroatoms. The second-order valence-electron chi connectivity index (χ2n) is 1.36. The standard InChI is InChI=1S/C6H6BrN/c1-5-4-8-3-2-6(5)7/h2-4H,1H3/i1D3. The lowest BCUT2D eigenvalue weighted by molar-refractivity contribution is 1.25. The van der Waals surface area contributed by atoms with Gasteiger partial charge >= 0.3 is 0 Å². The highest BCUT2D eigenvalue weighted by Gasteiger charge is 1.87.